The SMILES string of the molecule is C=CCNC(=S)NNC(=O)c1cncc(OC)n1. The first kappa shape index (κ1) is 13.8. The molecule has 8 heteroatoms. The van der Waals surface area contributed by atoms with Gasteiger partial charge < -0.3 is 10.1 Å². The van der Waals surface area contributed by atoms with Crippen molar-refractivity contribution in [1.82, 2.24) is 26.1 Å². The van der Waals surface area contributed by atoms with Crippen molar-refractivity contribution in [2.75, 3.05) is 13.7 Å². The minimum atomic E-state index is -0.468. The van der Waals surface area contributed by atoms with E-state index in [1.807, 2.05) is 0 Å². The van der Waals surface area contributed by atoms with Gasteiger partial charge in [-0.3, -0.25) is 20.6 Å². The number of aromatic nitrogens is 2. The molecule has 0 atom stereocenters. The van der Waals surface area contributed by atoms with Crippen LogP contribution in [0.1, 0.15) is 10.5 Å². The fourth-order valence-electron chi connectivity index (χ4n) is 0.942. The van der Waals surface area contributed by atoms with Crippen molar-refractivity contribution < 1.29 is 9.53 Å². The zero-order valence-electron chi connectivity index (χ0n) is 9.77. The Labute approximate surface area is 110 Å². The van der Waals surface area contributed by atoms with E-state index in [0.29, 0.717) is 6.54 Å². The third kappa shape index (κ3) is 4.34. The Morgan fingerprint density at radius 1 is 1.56 bits per heavy atom. The monoisotopic (exact) mass is 267 g/mol. The quantitative estimate of drug-likeness (QED) is 0.395. The summed E-state index contributed by atoms with van der Waals surface area (Å²) in [5, 5.41) is 3.07. The number of hydrogen-bond acceptors (Lipinski definition) is 5. The number of amides is 1. The van der Waals surface area contributed by atoms with E-state index < -0.39 is 5.91 Å². The van der Waals surface area contributed by atoms with Gasteiger partial charge in [-0.1, -0.05) is 6.08 Å². The minimum absolute atomic E-state index is 0.119. The van der Waals surface area contributed by atoms with Crippen LogP contribution in [0.15, 0.2) is 25.0 Å². The second-order valence-corrected chi connectivity index (χ2v) is 3.43. The molecule has 1 aromatic heterocycles. The molecule has 3 N–H and O–H groups in total. The Bertz CT molecular complexity index is 452. The van der Waals surface area contributed by atoms with Gasteiger partial charge in [-0.2, -0.15) is 0 Å². The topological polar surface area (TPSA) is 88.2 Å². The number of nitrogens with one attached hydrogen (secondary N) is 3. The predicted molar refractivity (Wildman–Crippen MR) is 70.0 cm³/mol. The number of carbonyl (C=O) groups is 1. The van der Waals surface area contributed by atoms with Crippen LogP contribution in [0, 0.1) is 0 Å². The summed E-state index contributed by atoms with van der Waals surface area (Å²) in [6, 6.07) is 0. The fraction of sp³-hybridized carbons (Fsp3) is 0.200. The Morgan fingerprint density at radius 2 is 2.33 bits per heavy atom. The predicted octanol–water partition coefficient (Wildman–Crippen LogP) is -0.220. The maximum atomic E-state index is 11.7. The molecule has 0 bridgehead atoms. The standard InChI is InChI=1S/C10H13N5O2S/c1-3-4-12-10(18)15-14-9(16)7-5-11-6-8(13-7)17-2/h3,5-6H,1,4H2,2H3,(H,14,16)(H2,12,15,18). The van der Waals surface area contributed by atoms with Crippen LogP contribution in [-0.2, 0) is 0 Å². The summed E-state index contributed by atoms with van der Waals surface area (Å²) >= 11 is 4.89. The Balaban J connectivity index is 2.49. The van der Waals surface area contributed by atoms with Crippen LogP contribution in [0.3, 0.4) is 0 Å². The molecule has 1 amide bonds. The molecule has 0 saturated carbocycles. The van der Waals surface area contributed by atoms with Crippen molar-refractivity contribution in [2.45, 2.75) is 0 Å². The number of carbonyl (C=O) groups excluding carboxylic acids is 1. The normalized spacial score (nSPS) is 9.17. The van der Waals surface area contributed by atoms with E-state index in [9.17, 15) is 4.79 Å². The average molecular weight is 267 g/mol. The fourth-order valence-corrected chi connectivity index (χ4v) is 1.08. The highest BCUT2D eigenvalue weighted by atomic mass is 32.1. The van der Waals surface area contributed by atoms with E-state index in [2.05, 4.69) is 32.7 Å². The van der Waals surface area contributed by atoms with Crippen LogP contribution in [-0.4, -0.2) is 34.6 Å². The molecule has 96 valence electrons. The molecule has 0 spiro atoms. The first-order valence-electron chi connectivity index (χ1n) is 4.98. The lowest BCUT2D eigenvalue weighted by Crippen LogP contribution is -2.47. The van der Waals surface area contributed by atoms with Crippen molar-refractivity contribution >= 4 is 23.2 Å². The van der Waals surface area contributed by atoms with Crippen LogP contribution in [0.4, 0.5) is 0 Å². The summed E-state index contributed by atoms with van der Waals surface area (Å²) in [5.41, 5.74) is 5.01. The summed E-state index contributed by atoms with van der Waals surface area (Å²) in [6.07, 6.45) is 4.36. The molecule has 0 aliphatic rings. The van der Waals surface area contributed by atoms with Gasteiger partial charge in [-0.25, -0.2) is 4.98 Å². The van der Waals surface area contributed by atoms with E-state index in [4.69, 9.17) is 17.0 Å². The number of ether oxygens (including phenoxy) is 1. The second-order valence-electron chi connectivity index (χ2n) is 3.02. The van der Waals surface area contributed by atoms with Crippen molar-refractivity contribution in [3.63, 3.8) is 0 Å². The second kappa shape index (κ2) is 7.17. The molecule has 18 heavy (non-hydrogen) atoms. The molecule has 1 heterocycles. The largest absolute Gasteiger partial charge is 0.480 e. The summed E-state index contributed by atoms with van der Waals surface area (Å²) in [5.74, 6) is -0.209. The molecular formula is C10H13N5O2S. The third-order valence-electron chi connectivity index (χ3n) is 1.75. The molecule has 0 aromatic carbocycles. The highest BCUT2D eigenvalue weighted by Crippen LogP contribution is 2.02. The summed E-state index contributed by atoms with van der Waals surface area (Å²) in [7, 11) is 1.44. The van der Waals surface area contributed by atoms with Gasteiger partial charge in [0, 0.05) is 6.54 Å². The summed E-state index contributed by atoms with van der Waals surface area (Å²) in [4.78, 5) is 19.4. The average Bonchev–Trinajstić information content (AvgIpc) is 2.42. The Hall–Kier alpha value is -2.22. The van der Waals surface area contributed by atoms with Crippen LogP contribution in [0.5, 0.6) is 5.88 Å². The lowest BCUT2D eigenvalue weighted by molar-refractivity contribution is 0.0937. The molecule has 7 nitrogen and oxygen atoms in total. The summed E-state index contributed by atoms with van der Waals surface area (Å²) in [6.45, 7) is 4.03. The minimum Gasteiger partial charge on any atom is -0.480 e. The number of thiocarbonyl (C=S) groups is 1. The van der Waals surface area contributed by atoms with Crippen LogP contribution < -0.4 is 20.9 Å². The highest BCUT2D eigenvalue weighted by Gasteiger charge is 2.08. The van der Waals surface area contributed by atoms with Crippen molar-refractivity contribution in [3.8, 4) is 5.88 Å². The van der Waals surface area contributed by atoms with Crippen molar-refractivity contribution in [1.29, 1.82) is 0 Å². The smallest absolute Gasteiger partial charge is 0.290 e. The number of hydrogen-bond donors (Lipinski definition) is 3. The molecule has 1 aromatic rings. The maximum absolute atomic E-state index is 11.7. The molecule has 0 aliphatic heterocycles. The zero-order chi connectivity index (χ0) is 13.4. The lowest BCUT2D eigenvalue weighted by atomic mass is 10.4. The number of hydrazine groups is 1. The van der Waals surface area contributed by atoms with Gasteiger partial charge in [0.25, 0.3) is 5.91 Å². The lowest BCUT2D eigenvalue weighted by Gasteiger charge is -2.09. The molecule has 1 rings (SSSR count). The van der Waals surface area contributed by atoms with Crippen LogP contribution >= 0.6 is 12.2 Å². The van der Waals surface area contributed by atoms with Gasteiger partial charge >= 0.3 is 0 Å². The van der Waals surface area contributed by atoms with Crippen LogP contribution in [0.2, 0.25) is 0 Å². The summed E-state index contributed by atoms with van der Waals surface area (Å²) < 4.78 is 4.86. The Kier molecular flexibility index (Phi) is 5.52. The van der Waals surface area contributed by atoms with Crippen molar-refractivity contribution in [2.24, 2.45) is 0 Å². The van der Waals surface area contributed by atoms with E-state index in [-0.39, 0.29) is 16.7 Å². The van der Waals surface area contributed by atoms with Gasteiger partial charge in [-0.15, -0.1) is 6.58 Å². The van der Waals surface area contributed by atoms with Gasteiger partial charge in [0.2, 0.25) is 5.88 Å². The van der Waals surface area contributed by atoms with Gasteiger partial charge in [0.15, 0.2) is 10.8 Å². The first-order chi connectivity index (χ1) is 8.67. The Morgan fingerprint density at radius 3 is 3.00 bits per heavy atom. The molecule has 0 fully saturated rings. The first-order valence-corrected chi connectivity index (χ1v) is 5.39. The van der Waals surface area contributed by atoms with E-state index in [1.54, 1.807) is 6.08 Å². The molecular weight excluding hydrogens is 254 g/mol. The van der Waals surface area contributed by atoms with Crippen LogP contribution in [0.25, 0.3) is 0 Å². The molecule has 0 saturated heterocycles. The van der Waals surface area contributed by atoms with Gasteiger partial charge in [-0.05, 0) is 12.2 Å². The third-order valence-corrected chi connectivity index (χ3v) is 2.00. The molecule has 0 radical (unpaired) electrons. The van der Waals surface area contributed by atoms with E-state index >= 15 is 0 Å². The van der Waals surface area contributed by atoms with Gasteiger partial charge in [0.1, 0.15) is 0 Å². The number of nitrogens with zero attached hydrogens (tertiary/aromatic N) is 2. The van der Waals surface area contributed by atoms with Gasteiger partial charge in [0.05, 0.1) is 19.5 Å². The molecule has 0 aliphatic carbocycles. The zero-order valence-corrected chi connectivity index (χ0v) is 10.6. The van der Waals surface area contributed by atoms with E-state index in [1.165, 1.54) is 19.5 Å². The van der Waals surface area contributed by atoms with E-state index in [0.717, 1.165) is 0 Å². The number of rotatable bonds is 4. The highest BCUT2D eigenvalue weighted by molar-refractivity contribution is 7.80. The molecule has 0 unspecified atom stereocenters. The van der Waals surface area contributed by atoms with Crippen molar-refractivity contribution in [3.05, 3.63) is 30.7 Å². The number of methoxy groups -OCH3 is 1. The maximum Gasteiger partial charge on any atom is 0.290 e.